The lowest BCUT2D eigenvalue weighted by atomic mass is 10.1. The van der Waals surface area contributed by atoms with Gasteiger partial charge in [0.15, 0.2) is 0 Å². The minimum absolute atomic E-state index is 0.0000283. The molecule has 1 aromatic rings. The highest BCUT2D eigenvalue weighted by Crippen LogP contribution is 2.10. The second kappa shape index (κ2) is 13.2. The first-order chi connectivity index (χ1) is 16.3. The van der Waals surface area contributed by atoms with E-state index in [-0.39, 0.29) is 24.0 Å². The number of hydrogen-bond acceptors (Lipinski definition) is 6. The molecule has 0 aliphatic carbocycles. The number of carbonyl (C=O) groups is 2. The monoisotopic (exact) mass is 474 g/mol. The Balaban J connectivity index is 1.41. The van der Waals surface area contributed by atoms with Crippen LogP contribution in [0.3, 0.4) is 0 Å². The third-order valence-electron chi connectivity index (χ3n) is 6.08. The quantitative estimate of drug-likeness (QED) is 0.539. The van der Waals surface area contributed by atoms with Gasteiger partial charge in [0.2, 0.25) is 0 Å². The lowest BCUT2D eigenvalue weighted by Gasteiger charge is -2.34. The Labute approximate surface area is 204 Å². The maximum Gasteiger partial charge on any atom is 0.251 e. The van der Waals surface area contributed by atoms with E-state index < -0.39 is 0 Å². The van der Waals surface area contributed by atoms with E-state index in [9.17, 15) is 9.59 Å². The highest BCUT2D eigenvalue weighted by atomic mass is 16.5. The van der Waals surface area contributed by atoms with Gasteiger partial charge in [-0.2, -0.15) is 0 Å². The first-order valence-corrected chi connectivity index (χ1v) is 12.6. The Bertz CT molecular complexity index is 719. The molecule has 2 heterocycles. The minimum Gasteiger partial charge on any atom is -0.374 e. The molecule has 0 radical (unpaired) electrons. The Hall–Kier alpha value is -2.00. The lowest BCUT2D eigenvalue weighted by Crippen LogP contribution is -2.48. The summed E-state index contributed by atoms with van der Waals surface area (Å²) in [7, 11) is 0. The van der Waals surface area contributed by atoms with Gasteiger partial charge in [0.05, 0.1) is 25.4 Å². The SMILES string of the molecule is CC(C)CN1CCO[C@@H](CNC(=O)c2ccc(C(=O)NC[C@H]3CN(CC(C)C)CCO3)cc2)C1. The van der Waals surface area contributed by atoms with Crippen LogP contribution in [-0.4, -0.2) is 99.4 Å². The normalized spacial score (nSPS) is 22.2. The van der Waals surface area contributed by atoms with Gasteiger partial charge in [-0.15, -0.1) is 0 Å². The second-order valence-corrected chi connectivity index (χ2v) is 10.3. The van der Waals surface area contributed by atoms with E-state index >= 15 is 0 Å². The fourth-order valence-corrected chi connectivity index (χ4v) is 4.56. The fourth-order valence-electron chi connectivity index (χ4n) is 4.56. The molecule has 0 spiro atoms. The lowest BCUT2D eigenvalue weighted by molar-refractivity contribution is -0.0296. The molecule has 3 rings (SSSR count). The summed E-state index contributed by atoms with van der Waals surface area (Å²) in [6.07, 6.45) is -0.0000566. The molecule has 0 unspecified atom stereocenters. The Morgan fingerprint density at radius 3 is 1.53 bits per heavy atom. The summed E-state index contributed by atoms with van der Waals surface area (Å²) < 4.78 is 11.6. The molecule has 2 aliphatic rings. The van der Waals surface area contributed by atoms with E-state index in [1.54, 1.807) is 24.3 Å². The third kappa shape index (κ3) is 8.65. The summed E-state index contributed by atoms with van der Waals surface area (Å²) in [5.74, 6) is 0.910. The predicted octanol–water partition coefficient (Wildman–Crippen LogP) is 1.86. The molecule has 8 heteroatoms. The Morgan fingerprint density at radius 2 is 1.18 bits per heavy atom. The maximum absolute atomic E-state index is 12.6. The Morgan fingerprint density at radius 1 is 0.794 bits per heavy atom. The molecule has 2 aliphatic heterocycles. The highest BCUT2D eigenvalue weighted by molar-refractivity contribution is 5.97. The zero-order valence-electron chi connectivity index (χ0n) is 21.2. The average Bonchev–Trinajstić information content (AvgIpc) is 2.81. The topological polar surface area (TPSA) is 83.1 Å². The summed E-state index contributed by atoms with van der Waals surface area (Å²) in [6.45, 7) is 16.8. The van der Waals surface area contributed by atoms with Crippen LogP contribution in [0.5, 0.6) is 0 Å². The summed E-state index contributed by atoms with van der Waals surface area (Å²) in [4.78, 5) is 29.9. The van der Waals surface area contributed by atoms with Crippen LogP contribution >= 0.6 is 0 Å². The molecule has 0 saturated carbocycles. The number of hydrogen-bond donors (Lipinski definition) is 2. The van der Waals surface area contributed by atoms with E-state index in [4.69, 9.17) is 9.47 Å². The van der Waals surface area contributed by atoms with Crippen molar-refractivity contribution in [3.63, 3.8) is 0 Å². The van der Waals surface area contributed by atoms with Gasteiger partial charge in [0.1, 0.15) is 0 Å². The van der Waals surface area contributed by atoms with Crippen LogP contribution in [0.4, 0.5) is 0 Å². The maximum atomic E-state index is 12.6. The van der Waals surface area contributed by atoms with E-state index in [0.29, 0.717) is 49.3 Å². The van der Waals surface area contributed by atoms with E-state index in [2.05, 4.69) is 48.1 Å². The largest absolute Gasteiger partial charge is 0.374 e. The minimum atomic E-state index is -0.155. The zero-order valence-corrected chi connectivity index (χ0v) is 21.2. The van der Waals surface area contributed by atoms with Crippen molar-refractivity contribution in [2.75, 3.05) is 65.6 Å². The average molecular weight is 475 g/mol. The molecule has 2 fully saturated rings. The van der Waals surface area contributed by atoms with Crippen molar-refractivity contribution in [3.05, 3.63) is 35.4 Å². The second-order valence-electron chi connectivity index (χ2n) is 10.3. The molecule has 2 N–H and O–H groups in total. The smallest absolute Gasteiger partial charge is 0.251 e. The van der Waals surface area contributed by atoms with Gasteiger partial charge in [-0.3, -0.25) is 19.4 Å². The van der Waals surface area contributed by atoms with Gasteiger partial charge in [-0.1, -0.05) is 27.7 Å². The van der Waals surface area contributed by atoms with Gasteiger partial charge in [0.25, 0.3) is 11.8 Å². The summed E-state index contributed by atoms with van der Waals surface area (Å²) in [5.41, 5.74) is 1.07. The zero-order chi connectivity index (χ0) is 24.5. The number of ether oxygens (including phenoxy) is 2. The molecule has 1 aromatic carbocycles. The number of amides is 2. The van der Waals surface area contributed by atoms with E-state index in [0.717, 1.165) is 39.3 Å². The standard InChI is InChI=1S/C26H42N4O4/c1-19(2)15-29-9-11-33-23(17-29)13-27-25(31)21-5-7-22(8-6-21)26(32)28-14-24-18-30(10-12-34-24)16-20(3)4/h5-8,19-20,23-24H,9-18H2,1-4H3,(H,27,31)(H,28,32)/t23-,24-/m0/s1. The summed E-state index contributed by atoms with van der Waals surface area (Å²) >= 11 is 0. The molecule has 0 aromatic heterocycles. The van der Waals surface area contributed by atoms with Crippen molar-refractivity contribution in [3.8, 4) is 0 Å². The number of carbonyl (C=O) groups excluding carboxylic acids is 2. The van der Waals surface area contributed by atoms with E-state index in [1.165, 1.54) is 0 Å². The molecular weight excluding hydrogens is 432 g/mol. The molecule has 190 valence electrons. The number of nitrogens with one attached hydrogen (secondary N) is 2. The summed E-state index contributed by atoms with van der Waals surface area (Å²) in [6, 6.07) is 6.77. The van der Waals surface area contributed by atoms with Crippen LogP contribution in [0.1, 0.15) is 48.4 Å². The number of morpholine rings is 2. The molecule has 2 atom stereocenters. The molecular formula is C26H42N4O4. The first-order valence-electron chi connectivity index (χ1n) is 12.6. The van der Waals surface area contributed by atoms with Crippen LogP contribution in [0.2, 0.25) is 0 Å². The predicted molar refractivity (Wildman–Crippen MR) is 133 cm³/mol. The van der Waals surface area contributed by atoms with E-state index in [1.807, 2.05) is 0 Å². The number of benzene rings is 1. The van der Waals surface area contributed by atoms with Crippen LogP contribution in [-0.2, 0) is 9.47 Å². The molecule has 2 saturated heterocycles. The molecule has 2 amide bonds. The van der Waals surface area contributed by atoms with Crippen molar-refractivity contribution in [2.24, 2.45) is 11.8 Å². The third-order valence-corrected chi connectivity index (χ3v) is 6.08. The first kappa shape index (κ1) is 26.6. The van der Waals surface area contributed by atoms with Gasteiger partial charge < -0.3 is 20.1 Å². The van der Waals surface area contributed by atoms with Crippen molar-refractivity contribution in [1.82, 2.24) is 20.4 Å². The van der Waals surface area contributed by atoms with Crippen LogP contribution in [0.15, 0.2) is 24.3 Å². The van der Waals surface area contributed by atoms with Crippen molar-refractivity contribution < 1.29 is 19.1 Å². The van der Waals surface area contributed by atoms with Crippen molar-refractivity contribution in [1.29, 1.82) is 0 Å². The summed E-state index contributed by atoms with van der Waals surface area (Å²) in [5, 5.41) is 5.93. The van der Waals surface area contributed by atoms with Crippen LogP contribution in [0.25, 0.3) is 0 Å². The molecule has 8 nitrogen and oxygen atoms in total. The van der Waals surface area contributed by atoms with Gasteiger partial charge in [-0.05, 0) is 36.1 Å². The number of rotatable bonds is 10. The van der Waals surface area contributed by atoms with Gasteiger partial charge in [-0.25, -0.2) is 0 Å². The highest BCUT2D eigenvalue weighted by Gasteiger charge is 2.23. The van der Waals surface area contributed by atoms with Gasteiger partial charge >= 0.3 is 0 Å². The van der Waals surface area contributed by atoms with Crippen LogP contribution < -0.4 is 10.6 Å². The Kier molecular flexibility index (Phi) is 10.3. The van der Waals surface area contributed by atoms with Crippen molar-refractivity contribution >= 4 is 11.8 Å². The molecule has 34 heavy (non-hydrogen) atoms. The number of nitrogens with zero attached hydrogens (tertiary/aromatic N) is 2. The molecule has 0 bridgehead atoms. The van der Waals surface area contributed by atoms with Crippen molar-refractivity contribution in [2.45, 2.75) is 39.9 Å². The van der Waals surface area contributed by atoms with Crippen LogP contribution in [0, 0.1) is 11.8 Å². The van der Waals surface area contributed by atoms with Gasteiger partial charge in [0, 0.05) is 63.5 Å². The fraction of sp³-hybridized carbons (Fsp3) is 0.692.